The molecule has 2 atom stereocenters. The molecule has 0 radical (unpaired) electrons. The molecule has 3 nitrogen and oxygen atoms in total. The second-order valence-electron chi connectivity index (χ2n) is 4.24. The molecule has 4 heteroatoms. The third-order valence-electron chi connectivity index (χ3n) is 2.58. The minimum absolute atomic E-state index is 0.446. The highest BCUT2D eigenvalue weighted by Crippen LogP contribution is 2.19. The Balaban J connectivity index is 1.70. The molecule has 0 aliphatic carbocycles. The zero-order valence-electron chi connectivity index (χ0n) is 9.77. The summed E-state index contributed by atoms with van der Waals surface area (Å²) in [7, 11) is 0. The van der Waals surface area contributed by atoms with Gasteiger partial charge in [0.15, 0.2) is 5.17 Å². The number of hydrogen-bond donors (Lipinski definition) is 1. The molecular formula is C12H18N2OS. The summed E-state index contributed by atoms with van der Waals surface area (Å²) in [6.45, 7) is 5.34. The molecule has 16 heavy (non-hydrogen) atoms. The summed E-state index contributed by atoms with van der Waals surface area (Å²) < 4.78 is 5.31. The Hall–Kier alpha value is -0.900. The lowest BCUT2D eigenvalue weighted by molar-refractivity contribution is 0.483. The van der Waals surface area contributed by atoms with Gasteiger partial charge in [-0.2, -0.15) is 0 Å². The Morgan fingerprint density at radius 2 is 2.56 bits per heavy atom. The van der Waals surface area contributed by atoms with Crippen LogP contribution in [0.3, 0.4) is 0 Å². The van der Waals surface area contributed by atoms with Crippen LogP contribution in [0.5, 0.6) is 0 Å². The molecule has 1 aliphatic rings. The van der Waals surface area contributed by atoms with Crippen molar-refractivity contribution in [3.63, 3.8) is 0 Å². The van der Waals surface area contributed by atoms with Gasteiger partial charge < -0.3 is 9.73 Å². The molecule has 1 N–H and O–H groups in total. The van der Waals surface area contributed by atoms with Crippen molar-refractivity contribution in [2.45, 2.75) is 38.0 Å². The van der Waals surface area contributed by atoms with Crippen molar-refractivity contribution in [2.75, 3.05) is 6.54 Å². The van der Waals surface area contributed by atoms with Gasteiger partial charge in [0.1, 0.15) is 5.76 Å². The Morgan fingerprint density at radius 1 is 1.69 bits per heavy atom. The number of thioether (sulfide) groups is 1. The highest BCUT2D eigenvalue weighted by atomic mass is 32.2. The van der Waals surface area contributed by atoms with Crippen molar-refractivity contribution in [1.29, 1.82) is 0 Å². The van der Waals surface area contributed by atoms with E-state index in [4.69, 9.17) is 4.42 Å². The first-order chi connectivity index (χ1) is 7.74. The molecule has 0 saturated carbocycles. The van der Waals surface area contributed by atoms with Crippen molar-refractivity contribution in [3.8, 4) is 0 Å². The largest absolute Gasteiger partial charge is 0.469 e. The molecule has 2 rings (SSSR count). The first-order valence-corrected chi connectivity index (χ1v) is 6.62. The van der Waals surface area contributed by atoms with Crippen LogP contribution in [-0.2, 0) is 6.42 Å². The number of nitrogens with zero attached hydrogens (tertiary/aromatic N) is 1. The van der Waals surface area contributed by atoms with Crippen molar-refractivity contribution in [2.24, 2.45) is 4.99 Å². The van der Waals surface area contributed by atoms with Crippen LogP contribution in [0.2, 0.25) is 0 Å². The molecule has 1 aromatic heterocycles. The molecule has 1 aromatic rings. The Morgan fingerprint density at radius 3 is 3.19 bits per heavy atom. The van der Waals surface area contributed by atoms with Gasteiger partial charge in [-0.1, -0.05) is 18.7 Å². The molecule has 0 fully saturated rings. The zero-order chi connectivity index (χ0) is 11.4. The number of furan rings is 1. The number of rotatable bonds is 4. The Bertz CT molecular complexity index is 348. The predicted molar refractivity (Wildman–Crippen MR) is 69.0 cm³/mol. The maximum atomic E-state index is 5.31. The summed E-state index contributed by atoms with van der Waals surface area (Å²) in [5.74, 6) is 1.06. The van der Waals surface area contributed by atoms with Crippen molar-refractivity contribution in [3.05, 3.63) is 24.2 Å². The summed E-state index contributed by atoms with van der Waals surface area (Å²) in [6, 6.07) is 4.41. The minimum atomic E-state index is 0.446. The van der Waals surface area contributed by atoms with E-state index in [0.717, 1.165) is 30.3 Å². The number of amidine groups is 1. The van der Waals surface area contributed by atoms with Crippen LogP contribution in [0.4, 0.5) is 0 Å². The first-order valence-electron chi connectivity index (χ1n) is 5.74. The number of hydrogen-bond acceptors (Lipinski definition) is 4. The van der Waals surface area contributed by atoms with Gasteiger partial charge in [-0.05, 0) is 25.5 Å². The van der Waals surface area contributed by atoms with Crippen molar-refractivity contribution < 1.29 is 4.42 Å². The lowest BCUT2D eigenvalue weighted by Gasteiger charge is -2.13. The van der Waals surface area contributed by atoms with Crippen molar-refractivity contribution >= 4 is 16.9 Å². The zero-order valence-corrected chi connectivity index (χ0v) is 10.6. The second-order valence-corrected chi connectivity index (χ2v) is 5.66. The van der Waals surface area contributed by atoms with E-state index in [1.165, 1.54) is 0 Å². The summed E-state index contributed by atoms with van der Waals surface area (Å²) >= 11 is 1.83. The number of nitrogens with one attached hydrogen (secondary N) is 1. The average molecular weight is 238 g/mol. The summed E-state index contributed by atoms with van der Waals surface area (Å²) in [5, 5.41) is 5.16. The van der Waals surface area contributed by atoms with Gasteiger partial charge in [-0.3, -0.25) is 4.99 Å². The van der Waals surface area contributed by atoms with Gasteiger partial charge in [-0.25, -0.2) is 0 Å². The molecule has 0 spiro atoms. The van der Waals surface area contributed by atoms with Gasteiger partial charge in [0, 0.05) is 17.7 Å². The van der Waals surface area contributed by atoms with Gasteiger partial charge >= 0.3 is 0 Å². The lowest BCUT2D eigenvalue weighted by Crippen LogP contribution is -2.30. The summed E-state index contributed by atoms with van der Waals surface area (Å²) in [6.07, 6.45) is 3.78. The van der Waals surface area contributed by atoms with Gasteiger partial charge in [0.25, 0.3) is 0 Å². The van der Waals surface area contributed by atoms with Crippen molar-refractivity contribution in [1.82, 2.24) is 5.32 Å². The van der Waals surface area contributed by atoms with Crippen LogP contribution in [0.25, 0.3) is 0 Å². The standard InChI is InChI=1S/C12H18N2OS/c1-9(5-6-11-4-3-7-15-11)14-12-13-8-10(2)16-12/h3-4,7,9-10H,5-6,8H2,1-2H3,(H,13,14). The normalized spacial score (nSPS) is 21.9. The molecule has 0 saturated heterocycles. The van der Waals surface area contributed by atoms with E-state index in [1.54, 1.807) is 6.26 Å². The molecule has 2 heterocycles. The average Bonchev–Trinajstić information content (AvgIpc) is 2.87. The Kier molecular flexibility index (Phi) is 3.93. The third kappa shape index (κ3) is 3.30. The first kappa shape index (κ1) is 11.6. The highest BCUT2D eigenvalue weighted by Gasteiger charge is 2.16. The van der Waals surface area contributed by atoms with Crippen LogP contribution < -0.4 is 5.32 Å². The minimum Gasteiger partial charge on any atom is -0.469 e. The van der Waals surface area contributed by atoms with E-state index >= 15 is 0 Å². The van der Waals surface area contributed by atoms with Crippen LogP contribution in [0, 0.1) is 0 Å². The van der Waals surface area contributed by atoms with Crippen LogP contribution >= 0.6 is 11.8 Å². The van der Waals surface area contributed by atoms with Gasteiger partial charge in [-0.15, -0.1) is 0 Å². The van der Waals surface area contributed by atoms with Gasteiger partial charge in [0.05, 0.1) is 12.8 Å². The maximum absolute atomic E-state index is 5.31. The van der Waals surface area contributed by atoms with E-state index in [2.05, 4.69) is 24.2 Å². The van der Waals surface area contributed by atoms with E-state index in [-0.39, 0.29) is 0 Å². The summed E-state index contributed by atoms with van der Waals surface area (Å²) in [4.78, 5) is 4.45. The summed E-state index contributed by atoms with van der Waals surface area (Å²) in [5.41, 5.74) is 0. The fourth-order valence-corrected chi connectivity index (χ4v) is 2.60. The molecule has 88 valence electrons. The molecule has 2 unspecified atom stereocenters. The monoisotopic (exact) mass is 238 g/mol. The van der Waals surface area contributed by atoms with E-state index < -0.39 is 0 Å². The maximum Gasteiger partial charge on any atom is 0.157 e. The molecule has 0 aromatic carbocycles. The fraction of sp³-hybridized carbons (Fsp3) is 0.583. The second kappa shape index (κ2) is 5.43. The number of aliphatic imine (C=N–C) groups is 1. The van der Waals surface area contributed by atoms with E-state index in [9.17, 15) is 0 Å². The third-order valence-corrected chi connectivity index (χ3v) is 3.60. The lowest BCUT2D eigenvalue weighted by atomic mass is 10.1. The quantitative estimate of drug-likeness (QED) is 0.876. The van der Waals surface area contributed by atoms with E-state index in [0.29, 0.717) is 11.3 Å². The highest BCUT2D eigenvalue weighted by molar-refractivity contribution is 8.14. The fourth-order valence-electron chi connectivity index (χ4n) is 1.65. The van der Waals surface area contributed by atoms with Crippen LogP contribution in [-0.4, -0.2) is 23.0 Å². The molecular weight excluding hydrogens is 220 g/mol. The molecule has 0 bridgehead atoms. The Labute approximate surface area is 101 Å². The van der Waals surface area contributed by atoms with Crippen LogP contribution in [0.1, 0.15) is 26.0 Å². The van der Waals surface area contributed by atoms with Crippen LogP contribution in [0.15, 0.2) is 27.8 Å². The molecule has 0 amide bonds. The predicted octanol–water partition coefficient (Wildman–Crippen LogP) is 2.68. The smallest absolute Gasteiger partial charge is 0.157 e. The SMILES string of the molecule is CC(CCc1ccco1)NC1=NCC(C)S1. The van der Waals surface area contributed by atoms with E-state index in [1.807, 2.05) is 23.9 Å². The molecule has 1 aliphatic heterocycles. The van der Waals surface area contributed by atoms with Gasteiger partial charge in [0.2, 0.25) is 0 Å². The topological polar surface area (TPSA) is 37.5 Å². The number of aryl methyl sites for hydroxylation is 1.